The van der Waals surface area contributed by atoms with Crippen molar-refractivity contribution in [2.24, 2.45) is 0 Å². The Morgan fingerprint density at radius 1 is 1.16 bits per heavy atom. The second-order valence-electron chi connectivity index (χ2n) is 9.43. The SMILES string of the molecule is CC(c1ccc2c(c1)Cc1ccccc1S2)S(=O)(=O)N1CC[C@H](NC(=O)OC(C)(C)C)C1. The zero-order chi connectivity index (χ0) is 23.1. The lowest BCUT2D eigenvalue weighted by Crippen LogP contribution is -2.41. The van der Waals surface area contributed by atoms with E-state index in [1.54, 1.807) is 39.5 Å². The molecule has 1 fully saturated rings. The molecular weight excluding hydrogens is 444 g/mol. The predicted molar refractivity (Wildman–Crippen MR) is 126 cm³/mol. The summed E-state index contributed by atoms with van der Waals surface area (Å²) >= 11 is 1.73. The van der Waals surface area contributed by atoms with Gasteiger partial charge in [0, 0.05) is 28.9 Å². The molecule has 0 aromatic heterocycles. The van der Waals surface area contributed by atoms with Crippen molar-refractivity contribution >= 4 is 27.9 Å². The highest BCUT2D eigenvalue weighted by atomic mass is 32.2. The number of sulfonamides is 1. The molecule has 172 valence electrons. The average Bonchev–Trinajstić information content (AvgIpc) is 3.19. The number of fused-ring (bicyclic) bond motifs is 2. The lowest BCUT2D eigenvalue weighted by Gasteiger charge is -2.25. The first-order valence-electron chi connectivity index (χ1n) is 10.9. The van der Waals surface area contributed by atoms with Gasteiger partial charge in [0.1, 0.15) is 5.60 Å². The Balaban J connectivity index is 1.44. The second kappa shape index (κ2) is 8.72. The molecule has 32 heavy (non-hydrogen) atoms. The van der Waals surface area contributed by atoms with Crippen LogP contribution >= 0.6 is 11.8 Å². The van der Waals surface area contributed by atoms with E-state index in [-0.39, 0.29) is 12.6 Å². The van der Waals surface area contributed by atoms with Crippen molar-refractivity contribution in [3.63, 3.8) is 0 Å². The topological polar surface area (TPSA) is 75.7 Å². The summed E-state index contributed by atoms with van der Waals surface area (Å²) in [7, 11) is -3.55. The van der Waals surface area contributed by atoms with Gasteiger partial charge in [-0.15, -0.1) is 0 Å². The van der Waals surface area contributed by atoms with Crippen LogP contribution in [0.25, 0.3) is 0 Å². The zero-order valence-corrected chi connectivity index (χ0v) is 20.6. The van der Waals surface area contributed by atoms with Crippen LogP contribution in [-0.2, 0) is 21.2 Å². The number of nitrogens with zero attached hydrogens (tertiary/aromatic N) is 1. The first kappa shape index (κ1) is 23.1. The van der Waals surface area contributed by atoms with Gasteiger partial charge in [-0.05, 0) is 69.4 Å². The maximum Gasteiger partial charge on any atom is 0.407 e. The number of alkyl carbamates (subject to hydrolysis) is 1. The van der Waals surface area contributed by atoms with Crippen LogP contribution in [-0.4, -0.2) is 43.5 Å². The maximum atomic E-state index is 13.3. The summed E-state index contributed by atoms with van der Waals surface area (Å²) in [6, 6.07) is 14.1. The molecule has 0 radical (unpaired) electrons. The predicted octanol–water partition coefficient (Wildman–Crippen LogP) is 4.73. The number of nitrogens with one attached hydrogen (secondary N) is 1. The largest absolute Gasteiger partial charge is 0.444 e. The van der Waals surface area contributed by atoms with Crippen LogP contribution in [0.5, 0.6) is 0 Å². The van der Waals surface area contributed by atoms with Crippen molar-refractivity contribution in [2.75, 3.05) is 13.1 Å². The summed E-state index contributed by atoms with van der Waals surface area (Å²) in [5.74, 6) is 0. The van der Waals surface area contributed by atoms with Crippen LogP contribution in [0.1, 0.15) is 56.1 Å². The van der Waals surface area contributed by atoms with Crippen LogP contribution in [0, 0.1) is 0 Å². The van der Waals surface area contributed by atoms with E-state index >= 15 is 0 Å². The number of benzene rings is 2. The van der Waals surface area contributed by atoms with Gasteiger partial charge < -0.3 is 10.1 Å². The van der Waals surface area contributed by atoms with Crippen LogP contribution in [0.4, 0.5) is 4.79 Å². The van der Waals surface area contributed by atoms with E-state index in [0.29, 0.717) is 13.0 Å². The summed E-state index contributed by atoms with van der Waals surface area (Å²) in [5.41, 5.74) is 2.65. The maximum absolute atomic E-state index is 13.3. The Kier molecular flexibility index (Phi) is 6.31. The van der Waals surface area contributed by atoms with Crippen LogP contribution < -0.4 is 5.32 Å². The number of hydrogen-bond acceptors (Lipinski definition) is 5. The lowest BCUT2D eigenvalue weighted by molar-refractivity contribution is 0.0507. The molecule has 2 aromatic carbocycles. The lowest BCUT2D eigenvalue weighted by atomic mass is 10.0. The molecule has 2 atom stereocenters. The summed E-state index contributed by atoms with van der Waals surface area (Å²) in [5, 5.41) is 2.14. The fraction of sp³-hybridized carbons (Fsp3) is 0.458. The Morgan fingerprint density at radius 2 is 1.88 bits per heavy atom. The number of hydrogen-bond donors (Lipinski definition) is 1. The van der Waals surface area contributed by atoms with Crippen LogP contribution in [0.3, 0.4) is 0 Å². The van der Waals surface area contributed by atoms with Gasteiger partial charge in [-0.1, -0.05) is 42.1 Å². The highest BCUT2D eigenvalue weighted by Gasteiger charge is 2.37. The molecule has 4 rings (SSSR count). The molecule has 0 bridgehead atoms. The second-order valence-corrected chi connectivity index (χ2v) is 12.8. The van der Waals surface area contributed by atoms with Gasteiger partial charge in [-0.25, -0.2) is 13.2 Å². The fourth-order valence-electron chi connectivity index (χ4n) is 4.11. The van der Waals surface area contributed by atoms with E-state index in [0.717, 1.165) is 12.0 Å². The zero-order valence-electron chi connectivity index (χ0n) is 18.9. The van der Waals surface area contributed by atoms with Crippen LogP contribution in [0.15, 0.2) is 52.3 Å². The summed E-state index contributed by atoms with van der Waals surface area (Å²) < 4.78 is 33.5. The number of rotatable bonds is 4. The Hall–Kier alpha value is -2.03. The van der Waals surface area contributed by atoms with Crippen molar-refractivity contribution < 1.29 is 17.9 Å². The van der Waals surface area contributed by atoms with Crippen molar-refractivity contribution in [1.82, 2.24) is 9.62 Å². The van der Waals surface area contributed by atoms with E-state index in [4.69, 9.17) is 4.74 Å². The van der Waals surface area contributed by atoms with Gasteiger partial charge in [0.15, 0.2) is 0 Å². The van der Waals surface area contributed by atoms with Crippen molar-refractivity contribution in [3.05, 3.63) is 59.2 Å². The third-order valence-electron chi connectivity index (χ3n) is 5.81. The van der Waals surface area contributed by atoms with E-state index in [1.165, 1.54) is 25.2 Å². The number of amides is 1. The van der Waals surface area contributed by atoms with E-state index in [2.05, 4.69) is 17.4 Å². The highest BCUT2D eigenvalue weighted by molar-refractivity contribution is 7.99. The molecule has 0 spiro atoms. The van der Waals surface area contributed by atoms with Crippen LogP contribution in [0.2, 0.25) is 0 Å². The third kappa shape index (κ3) is 4.97. The van der Waals surface area contributed by atoms with Gasteiger partial charge in [0.25, 0.3) is 0 Å². The van der Waals surface area contributed by atoms with E-state index < -0.39 is 27.0 Å². The molecular formula is C24H30N2O4S2. The molecule has 6 nitrogen and oxygen atoms in total. The molecule has 2 aliphatic rings. The molecule has 8 heteroatoms. The first-order chi connectivity index (χ1) is 15.0. The number of carbonyl (C=O) groups is 1. The monoisotopic (exact) mass is 474 g/mol. The summed E-state index contributed by atoms with van der Waals surface area (Å²) in [4.78, 5) is 14.5. The van der Waals surface area contributed by atoms with Gasteiger partial charge in [0.2, 0.25) is 10.0 Å². The highest BCUT2D eigenvalue weighted by Crippen LogP contribution is 2.41. The van der Waals surface area contributed by atoms with Crippen molar-refractivity contribution in [1.29, 1.82) is 0 Å². The van der Waals surface area contributed by atoms with Gasteiger partial charge >= 0.3 is 6.09 Å². The molecule has 0 saturated carbocycles. The molecule has 2 heterocycles. The smallest absolute Gasteiger partial charge is 0.407 e. The molecule has 1 saturated heterocycles. The standard InChI is InChI=1S/C24H30N2O4S2/c1-16(17-9-10-22-19(13-17)14-18-7-5-6-8-21(18)31-22)32(28,29)26-12-11-20(15-26)25-23(27)30-24(2,3)4/h5-10,13,16,20H,11-12,14-15H2,1-4H3,(H,25,27)/t16?,20-/m0/s1. The quantitative estimate of drug-likeness (QED) is 0.592. The summed E-state index contributed by atoms with van der Waals surface area (Å²) in [6.45, 7) is 7.80. The van der Waals surface area contributed by atoms with E-state index in [1.807, 2.05) is 30.3 Å². The normalized spacial score (nSPS) is 19.7. The number of ether oxygens (including phenoxy) is 1. The van der Waals surface area contributed by atoms with Crippen molar-refractivity contribution in [3.8, 4) is 0 Å². The molecule has 1 amide bonds. The minimum absolute atomic E-state index is 0.247. The minimum Gasteiger partial charge on any atom is -0.444 e. The molecule has 2 aromatic rings. The van der Waals surface area contributed by atoms with Gasteiger partial charge in [-0.2, -0.15) is 4.31 Å². The van der Waals surface area contributed by atoms with Crippen molar-refractivity contribution in [2.45, 2.75) is 67.2 Å². The first-order valence-corrected chi connectivity index (χ1v) is 13.2. The minimum atomic E-state index is -3.55. The number of carbonyl (C=O) groups excluding carboxylic acids is 1. The molecule has 1 N–H and O–H groups in total. The van der Waals surface area contributed by atoms with Gasteiger partial charge in [-0.3, -0.25) is 0 Å². The Labute approximate surface area is 194 Å². The van der Waals surface area contributed by atoms with Gasteiger partial charge in [0.05, 0.1) is 5.25 Å². The third-order valence-corrected chi connectivity index (χ3v) is 9.26. The summed E-state index contributed by atoms with van der Waals surface area (Å²) in [6.07, 6.45) is 0.871. The molecule has 2 aliphatic heterocycles. The Bertz CT molecular complexity index is 1130. The molecule has 0 aliphatic carbocycles. The fourth-order valence-corrected chi connectivity index (χ4v) is 6.85. The van der Waals surface area contributed by atoms with E-state index in [9.17, 15) is 13.2 Å². The average molecular weight is 475 g/mol. The Morgan fingerprint density at radius 3 is 2.62 bits per heavy atom. The molecule has 1 unspecified atom stereocenters.